The van der Waals surface area contributed by atoms with Crippen LogP contribution in [0.25, 0.3) is 0 Å². The molecule has 2 aromatic rings. The summed E-state index contributed by atoms with van der Waals surface area (Å²) in [7, 11) is 0. The molecule has 1 atom stereocenters. The molecule has 68 valence electrons. The van der Waals surface area contributed by atoms with Crippen LogP contribution in [0.2, 0.25) is 0 Å². The predicted molar refractivity (Wildman–Crippen MR) is 61.5 cm³/mol. The minimum absolute atomic E-state index is 0.166. The van der Waals surface area contributed by atoms with E-state index in [1.165, 1.54) is 4.88 Å². The Balaban J connectivity index is 2.28. The first-order valence-corrected chi connectivity index (χ1v) is 6.29. The van der Waals surface area contributed by atoms with Gasteiger partial charge >= 0.3 is 0 Å². The SMILES string of the molecule is Brc1ccc(C(Br)c2cccs2)o1. The molecule has 13 heavy (non-hydrogen) atoms. The topological polar surface area (TPSA) is 13.1 Å². The zero-order valence-corrected chi connectivity index (χ0v) is 10.5. The Labute approximate surface area is 97.0 Å². The summed E-state index contributed by atoms with van der Waals surface area (Å²) in [6.07, 6.45) is 0. The van der Waals surface area contributed by atoms with E-state index in [2.05, 4.69) is 43.3 Å². The van der Waals surface area contributed by atoms with Crippen molar-refractivity contribution in [2.45, 2.75) is 4.83 Å². The Morgan fingerprint density at radius 1 is 1.31 bits per heavy atom. The lowest BCUT2D eigenvalue weighted by molar-refractivity contribution is 0.498. The molecule has 0 radical (unpaired) electrons. The standard InChI is InChI=1S/C9H6Br2OS/c10-8-4-3-6(12-8)9(11)7-2-1-5-13-7/h1-5,9H. The zero-order valence-electron chi connectivity index (χ0n) is 6.54. The summed E-state index contributed by atoms with van der Waals surface area (Å²) >= 11 is 8.57. The first kappa shape index (κ1) is 9.49. The maximum Gasteiger partial charge on any atom is 0.169 e. The molecular formula is C9H6Br2OS. The van der Waals surface area contributed by atoms with Crippen LogP contribution in [0, 0.1) is 0 Å². The van der Waals surface area contributed by atoms with Gasteiger partial charge in [-0.15, -0.1) is 11.3 Å². The highest BCUT2D eigenvalue weighted by molar-refractivity contribution is 9.10. The molecule has 0 N–H and O–H groups in total. The average molecular weight is 322 g/mol. The Hall–Kier alpha value is -0.0600. The second-order valence-electron chi connectivity index (χ2n) is 2.52. The average Bonchev–Trinajstić information content (AvgIpc) is 2.72. The normalized spacial score (nSPS) is 13.1. The van der Waals surface area contributed by atoms with Crippen LogP contribution in [0.1, 0.15) is 15.5 Å². The van der Waals surface area contributed by atoms with Gasteiger partial charge in [0.25, 0.3) is 0 Å². The van der Waals surface area contributed by atoms with Crippen LogP contribution in [0.5, 0.6) is 0 Å². The van der Waals surface area contributed by atoms with Crippen molar-refractivity contribution in [3.05, 3.63) is 45.0 Å². The summed E-state index contributed by atoms with van der Waals surface area (Å²) in [5.41, 5.74) is 0. The van der Waals surface area contributed by atoms with Crippen LogP contribution in [-0.2, 0) is 0 Å². The van der Waals surface area contributed by atoms with Gasteiger partial charge in [-0.2, -0.15) is 0 Å². The minimum Gasteiger partial charge on any atom is -0.453 e. The number of hydrogen-bond acceptors (Lipinski definition) is 2. The molecule has 0 aliphatic rings. The Morgan fingerprint density at radius 3 is 2.69 bits per heavy atom. The zero-order chi connectivity index (χ0) is 9.26. The molecule has 0 saturated heterocycles. The van der Waals surface area contributed by atoms with Crippen molar-refractivity contribution in [1.29, 1.82) is 0 Å². The molecule has 2 aromatic heterocycles. The third-order valence-electron chi connectivity index (χ3n) is 1.64. The van der Waals surface area contributed by atoms with E-state index in [0.29, 0.717) is 0 Å². The van der Waals surface area contributed by atoms with E-state index in [4.69, 9.17) is 4.42 Å². The predicted octanol–water partition coefficient (Wildman–Crippen LogP) is 4.59. The minimum atomic E-state index is 0.166. The maximum atomic E-state index is 5.45. The summed E-state index contributed by atoms with van der Waals surface area (Å²) in [5.74, 6) is 0.925. The van der Waals surface area contributed by atoms with Crippen LogP contribution in [0.3, 0.4) is 0 Å². The van der Waals surface area contributed by atoms with Gasteiger partial charge in [0.1, 0.15) is 10.6 Å². The first-order chi connectivity index (χ1) is 6.27. The lowest BCUT2D eigenvalue weighted by atomic mass is 10.3. The van der Waals surface area contributed by atoms with Crippen molar-refractivity contribution in [3.63, 3.8) is 0 Å². The van der Waals surface area contributed by atoms with Crippen LogP contribution in [0.15, 0.2) is 38.7 Å². The number of halogens is 2. The van der Waals surface area contributed by atoms with Crippen LogP contribution < -0.4 is 0 Å². The third kappa shape index (κ3) is 2.06. The smallest absolute Gasteiger partial charge is 0.169 e. The van der Waals surface area contributed by atoms with Crippen molar-refractivity contribution < 1.29 is 4.42 Å². The van der Waals surface area contributed by atoms with Crippen molar-refractivity contribution >= 4 is 43.2 Å². The number of alkyl halides is 1. The van der Waals surface area contributed by atoms with Crippen LogP contribution in [-0.4, -0.2) is 0 Å². The van der Waals surface area contributed by atoms with Crippen molar-refractivity contribution in [3.8, 4) is 0 Å². The highest BCUT2D eigenvalue weighted by Gasteiger charge is 2.14. The molecular weight excluding hydrogens is 316 g/mol. The Kier molecular flexibility index (Phi) is 2.91. The molecule has 0 spiro atoms. The molecule has 0 aromatic carbocycles. The Bertz CT molecular complexity index is 380. The van der Waals surface area contributed by atoms with Gasteiger partial charge < -0.3 is 4.42 Å². The molecule has 0 aliphatic heterocycles. The van der Waals surface area contributed by atoms with Crippen molar-refractivity contribution in [2.24, 2.45) is 0 Å². The van der Waals surface area contributed by atoms with Gasteiger partial charge in [0.05, 0.1) is 0 Å². The van der Waals surface area contributed by atoms with Gasteiger partial charge in [0, 0.05) is 4.88 Å². The molecule has 0 fully saturated rings. The molecule has 0 saturated carbocycles. The molecule has 0 aliphatic carbocycles. The van der Waals surface area contributed by atoms with Crippen molar-refractivity contribution in [1.82, 2.24) is 0 Å². The third-order valence-corrected chi connectivity index (χ3v) is 4.25. The van der Waals surface area contributed by atoms with Crippen molar-refractivity contribution in [2.75, 3.05) is 0 Å². The summed E-state index contributed by atoms with van der Waals surface area (Å²) in [6, 6.07) is 7.98. The highest BCUT2D eigenvalue weighted by atomic mass is 79.9. The summed E-state index contributed by atoms with van der Waals surface area (Å²) in [6.45, 7) is 0. The number of thiophene rings is 1. The number of furan rings is 1. The largest absolute Gasteiger partial charge is 0.453 e. The van der Waals surface area contributed by atoms with Crippen LogP contribution >= 0.6 is 43.2 Å². The summed E-state index contributed by atoms with van der Waals surface area (Å²) < 4.78 is 6.21. The van der Waals surface area contributed by atoms with E-state index in [0.717, 1.165) is 10.4 Å². The molecule has 2 heterocycles. The van der Waals surface area contributed by atoms with E-state index in [1.54, 1.807) is 11.3 Å². The van der Waals surface area contributed by atoms with Gasteiger partial charge in [0.2, 0.25) is 0 Å². The fourth-order valence-corrected chi connectivity index (χ4v) is 2.79. The van der Waals surface area contributed by atoms with Crippen LogP contribution in [0.4, 0.5) is 0 Å². The number of hydrogen-bond donors (Lipinski definition) is 0. The van der Waals surface area contributed by atoms with Gasteiger partial charge in [-0.3, -0.25) is 0 Å². The monoisotopic (exact) mass is 320 g/mol. The van der Waals surface area contributed by atoms with Gasteiger partial charge in [-0.05, 0) is 39.5 Å². The number of rotatable bonds is 2. The van der Waals surface area contributed by atoms with Gasteiger partial charge in [-0.25, -0.2) is 0 Å². The second-order valence-corrected chi connectivity index (χ2v) is 5.20. The van der Waals surface area contributed by atoms with Gasteiger partial charge in [0.15, 0.2) is 4.67 Å². The molecule has 0 bridgehead atoms. The van der Waals surface area contributed by atoms with E-state index in [1.807, 2.05) is 18.2 Å². The van der Waals surface area contributed by atoms with E-state index < -0.39 is 0 Å². The van der Waals surface area contributed by atoms with Gasteiger partial charge in [-0.1, -0.05) is 22.0 Å². The lowest BCUT2D eigenvalue weighted by Crippen LogP contribution is -1.84. The Morgan fingerprint density at radius 2 is 2.15 bits per heavy atom. The molecule has 4 heteroatoms. The molecule has 2 rings (SSSR count). The van der Waals surface area contributed by atoms with E-state index in [9.17, 15) is 0 Å². The molecule has 0 amide bonds. The first-order valence-electron chi connectivity index (χ1n) is 3.70. The summed E-state index contributed by atoms with van der Waals surface area (Å²) in [5, 5.41) is 2.06. The fourth-order valence-electron chi connectivity index (χ4n) is 1.04. The maximum absolute atomic E-state index is 5.45. The molecule has 1 unspecified atom stereocenters. The summed E-state index contributed by atoms with van der Waals surface area (Å²) in [4.78, 5) is 1.42. The van der Waals surface area contributed by atoms with E-state index >= 15 is 0 Å². The fraction of sp³-hybridized carbons (Fsp3) is 0.111. The quantitative estimate of drug-likeness (QED) is 0.737. The van der Waals surface area contributed by atoms with E-state index in [-0.39, 0.29) is 4.83 Å². The molecule has 1 nitrogen and oxygen atoms in total. The lowest BCUT2D eigenvalue weighted by Gasteiger charge is -2.02. The highest BCUT2D eigenvalue weighted by Crippen LogP contribution is 2.35. The second kappa shape index (κ2) is 3.98.